The molecule has 2 atom stereocenters. The van der Waals surface area contributed by atoms with Gasteiger partial charge >= 0.3 is 11.9 Å². The van der Waals surface area contributed by atoms with Gasteiger partial charge < -0.3 is 13.9 Å². The van der Waals surface area contributed by atoms with Crippen LogP contribution in [0.4, 0.5) is 0 Å². The Morgan fingerprint density at radius 2 is 2.05 bits per heavy atom. The summed E-state index contributed by atoms with van der Waals surface area (Å²) in [6, 6.07) is 10.6. The van der Waals surface area contributed by atoms with E-state index in [1.807, 2.05) is 12.1 Å². The molecular formula is C16H14O5. The van der Waals surface area contributed by atoms with Gasteiger partial charge in [-0.1, -0.05) is 18.2 Å². The molecule has 1 aromatic carbocycles. The van der Waals surface area contributed by atoms with Gasteiger partial charge in [0.25, 0.3) is 0 Å². The molecule has 5 nitrogen and oxygen atoms in total. The Morgan fingerprint density at radius 1 is 1.24 bits per heavy atom. The zero-order valence-corrected chi connectivity index (χ0v) is 11.4. The Morgan fingerprint density at radius 3 is 2.76 bits per heavy atom. The summed E-state index contributed by atoms with van der Waals surface area (Å²) in [6.45, 7) is 1.90. The molecule has 0 N–H and O–H groups in total. The maximum atomic E-state index is 12.2. The first kappa shape index (κ1) is 13.4. The van der Waals surface area contributed by atoms with Crippen molar-refractivity contribution >= 4 is 11.9 Å². The molecule has 1 aliphatic heterocycles. The number of para-hydroxylation sites is 1. The number of benzene rings is 1. The molecule has 2 aromatic rings. The van der Waals surface area contributed by atoms with Crippen LogP contribution in [0.3, 0.4) is 0 Å². The minimum atomic E-state index is -1.05. The van der Waals surface area contributed by atoms with Crippen molar-refractivity contribution in [3.05, 3.63) is 54.0 Å². The van der Waals surface area contributed by atoms with Crippen LogP contribution < -0.4 is 4.74 Å². The third-order valence-electron chi connectivity index (χ3n) is 3.44. The average molecular weight is 286 g/mol. The van der Waals surface area contributed by atoms with Crippen molar-refractivity contribution in [1.82, 2.24) is 0 Å². The van der Waals surface area contributed by atoms with Crippen molar-refractivity contribution in [3.63, 3.8) is 0 Å². The van der Waals surface area contributed by atoms with Crippen LogP contribution in [0.5, 0.6) is 5.75 Å². The number of carbonyl (C=O) groups excluding carboxylic acids is 2. The fourth-order valence-corrected chi connectivity index (χ4v) is 2.57. The molecule has 0 fully saturated rings. The van der Waals surface area contributed by atoms with Crippen LogP contribution in [-0.2, 0) is 14.3 Å². The number of ether oxygens (including phenoxy) is 2. The van der Waals surface area contributed by atoms with Gasteiger partial charge in [-0.25, -0.2) is 0 Å². The highest BCUT2D eigenvalue weighted by molar-refractivity contribution is 5.99. The predicted octanol–water partition coefficient (Wildman–Crippen LogP) is 2.51. The Balaban J connectivity index is 2.11. The highest BCUT2D eigenvalue weighted by Crippen LogP contribution is 2.42. The lowest BCUT2D eigenvalue weighted by Crippen LogP contribution is -2.38. The van der Waals surface area contributed by atoms with E-state index in [2.05, 4.69) is 0 Å². The fraction of sp³-hybridized carbons (Fsp3) is 0.250. The molecule has 1 aromatic heterocycles. The first-order valence-electron chi connectivity index (χ1n) is 6.73. The summed E-state index contributed by atoms with van der Waals surface area (Å²) in [4.78, 5) is 24.4. The van der Waals surface area contributed by atoms with Crippen LogP contribution in [0.2, 0.25) is 0 Å². The van der Waals surface area contributed by atoms with Gasteiger partial charge in [-0.2, -0.15) is 0 Å². The standard InChI is InChI=1S/C16H14O5/c1-2-19-15(17)14-13(12-8-5-9-20-12)10-6-3-4-7-11(10)21-16(14)18/h3-9,13-14H,2H2,1H3. The van der Waals surface area contributed by atoms with E-state index in [1.54, 1.807) is 31.2 Å². The highest BCUT2D eigenvalue weighted by atomic mass is 16.6. The Kier molecular flexibility index (Phi) is 3.48. The molecule has 0 radical (unpaired) electrons. The third-order valence-corrected chi connectivity index (χ3v) is 3.44. The smallest absolute Gasteiger partial charge is 0.326 e. The molecular weight excluding hydrogens is 272 g/mol. The maximum Gasteiger partial charge on any atom is 0.326 e. The second kappa shape index (κ2) is 5.44. The summed E-state index contributed by atoms with van der Waals surface area (Å²) in [6.07, 6.45) is 1.51. The lowest BCUT2D eigenvalue weighted by Gasteiger charge is -2.29. The number of hydrogen-bond donors (Lipinski definition) is 0. The average Bonchev–Trinajstić information content (AvgIpc) is 2.99. The van der Waals surface area contributed by atoms with Gasteiger partial charge in [-0.15, -0.1) is 0 Å². The molecule has 0 spiro atoms. The van der Waals surface area contributed by atoms with Crippen LogP contribution in [-0.4, -0.2) is 18.5 Å². The molecule has 3 rings (SSSR count). The van der Waals surface area contributed by atoms with Crippen molar-refractivity contribution in [3.8, 4) is 5.75 Å². The van der Waals surface area contributed by atoms with Crippen molar-refractivity contribution in [1.29, 1.82) is 0 Å². The quantitative estimate of drug-likeness (QED) is 0.493. The summed E-state index contributed by atoms with van der Waals surface area (Å²) < 4.78 is 15.7. The van der Waals surface area contributed by atoms with Gasteiger partial charge in [-0.05, 0) is 25.1 Å². The summed E-state index contributed by atoms with van der Waals surface area (Å²) >= 11 is 0. The van der Waals surface area contributed by atoms with Gasteiger partial charge in [0.15, 0.2) is 5.92 Å². The summed E-state index contributed by atoms with van der Waals surface area (Å²) in [5.41, 5.74) is 0.741. The number of hydrogen-bond acceptors (Lipinski definition) is 5. The van der Waals surface area contributed by atoms with Gasteiger partial charge in [0.1, 0.15) is 11.5 Å². The number of esters is 2. The Labute approximate surface area is 121 Å². The molecule has 0 saturated carbocycles. The Hall–Kier alpha value is -2.56. The lowest BCUT2D eigenvalue weighted by atomic mass is 9.82. The van der Waals surface area contributed by atoms with E-state index in [-0.39, 0.29) is 6.61 Å². The topological polar surface area (TPSA) is 65.7 Å². The number of fused-ring (bicyclic) bond motifs is 1. The Bertz CT molecular complexity index is 659. The van der Waals surface area contributed by atoms with E-state index in [1.165, 1.54) is 6.26 Å². The van der Waals surface area contributed by atoms with Crippen molar-refractivity contribution in [2.75, 3.05) is 6.61 Å². The van der Waals surface area contributed by atoms with Gasteiger partial charge in [0, 0.05) is 5.56 Å². The van der Waals surface area contributed by atoms with Crippen molar-refractivity contribution in [2.45, 2.75) is 12.8 Å². The number of rotatable bonds is 3. The van der Waals surface area contributed by atoms with Crippen LogP contribution in [0.15, 0.2) is 47.1 Å². The second-order valence-corrected chi connectivity index (χ2v) is 4.68. The molecule has 108 valence electrons. The second-order valence-electron chi connectivity index (χ2n) is 4.68. The van der Waals surface area contributed by atoms with Gasteiger partial charge in [-0.3, -0.25) is 9.59 Å². The molecule has 0 aliphatic carbocycles. The highest BCUT2D eigenvalue weighted by Gasteiger charge is 2.45. The predicted molar refractivity (Wildman–Crippen MR) is 72.8 cm³/mol. The SMILES string of the molecule is CCOC(=O)C1C(=O)Oc2ccccc2C1c1ccco1. The lowest BCUT2D eigenvalue weighted by molar-refractivity contribution is -0.159. The van der Waals surface area contributed by atoms with Crippen molar-refractivity contribution in [2.24, 2.45) is 5.92 Å². The number of carbonyl (C=O) groups is 2. The maximum absolute atomic E-state index is 12.2. The number of furan rings is 1. The zero-order valence-electron chi connectivity index (χ0n) is 11.4. The molecule has 0 saturated heterocycles. The summed E-state index contributed by atoms with van der Waals surface area (Å²) in [5.74, 6) is -1.81. The molecule has 5 heteroatoms. The molecule has 21 heavy (non-hydrogen) atoms. The summed E-state index contributed by atoms with van der Waals surface area (Å²) in [7, 11) is 0. The molecule has 0 amide bonds. The van der Waals surface area contributed by atoms with E-state index in [9.17, 15) is 9.59 Å². The zero-order chi connectivity index (χ0) is 14.8. The van der Waals surface area contributed by atoms with E-state index in [0.29, 0.717) is 11.5 Å². The first-order chi connectivity index (χ1) is 10.2. The van der Waals surface area contributed by atoms with E-state index in [4.69, 9.17) is 13.9 Å². The van der Waals surface area contributed by atoms with E-state index in [0.717, 1.165) is 5.56 Å². The van der Waals surface area contributed by atoms with Crippen LogP contribution >= 0.6 is 0 Å². The van der Waals surface area contributed by atoms with E-state index >= 15 is 0 Å². The molecule has 2 heterocycles. The normalized spacial score (nSPS) is 20.5. The minimum absolute atomic E-state index is 0.204. The largest absolute Gasteiger partial charge is 0.469 e. The van der Waals surface area contributed by atoms with Crippen molar-refractivity contribution < 1.29 is 23.5 Å². The molecule has 1 aliphatic rings. The monoisotopic (exact) mass is 286 g/mol. The molecule has 0 bridgehead atoms. The fourth-order valence-electron chi connectivity index (χ4n) is 2.57. The first-order valence-corrected chi connectivity index (χ1v) is 6.73. The van der Waals surface area contributed by atoms with E-state index < -0.39 is 23.8 Å². The van der Waals surface area contributed by atoms with Crippen LogP contribution in [0.1, 0.15) is 24.2 Å². The summed E-state index contributed by atoms with van der Waals surface area (Å²) in [5, 5.41) is 0. The van der Waals surface area contributed by atoms with Crippen LogP contribution in [0, 0.1) is 5.92 Å². The van der Waals surface area contributed by atoms with Gasteiger partial charge in [0.05, 0.1) is 18.8 Å². The molecule has 2 unspecified atom stereocenters. The minimum Gasteiger partial charge on any atom is -0.469 e. The third kappa shape index (κ3) is 2.31. The van der Waals surface area contributed by atoms with Gasteiger partial charge in [0.2, 0.25) is 0 Å². The van der Waals surface area contributed by atoms with Crippen LogP contribution in [0.25, 0.3) is 0 Å².